The average Bonchev–Trinajstić information content (AvgIpc) is 2.86. The van der Waals surface area contributed by atoms with E-state index in [0.29, 0.717) is 17.7 Å². The highest BCUT2D eigenvalue weighted by Crippen LogP contribution is 2.36. The number of methoxy groups -OCH3 is 1. The van der Waals surface area contributed by atoms with Gasteiger partial charge in [-0.15, -0.1) is 0 Å². The van der Waals surface area contributed by atoms with Crippen molar-refractivity contribution in [1.29, 1.82) is 0 Å². The van der Waals surface area contributed by atoms with Crippen molar-refractivity contribution >= 4 is 33.4 Å². The number of alkyl halides is 6. The molecule has 0 aliphatic carbocycles. The van der Waals surface area contributed by atoms with E-state index >= 15 is 0 Å². The minimum atomic E-state index is -5.13. The topological polar surface area (TPSA) is 55.4 Å². The summed E-state index contributed by atoms with van der Waals surface area (Å²) < 4.78 is 84.3. The van der Waals surface area contributed by atoms with Crippen LogP contribution in [0.4, 0.5) is 26.3 Å². The average molecular weight is 519 g/mol. The largest absolute Gasteiger partial charge is 0.467 e. The third-order valence-corrected chi connectivity index (χ3v) is 5.93. The van der Waals surface area contributed by atoms with Crippen molar-refractivity contribution in [3.63, 3.8) is 0 Å². The molecule has 4 nitrogen and oxygen atoms in total. The number of ether oxygens (including phenoxy) is 1. The summed E-state index contributed by atoms with van der Waals surface area (Å²) in [6, 6.07) is 15.7. The van der Waals surface area contributed by atoms with Crippen LogP contribution in [0, 0.1) is 0 Å². The summed E-state index contributed by atoms with van der Waals surface area (Å²) in [6.45, 7) is 0. The Hall–Kier alpha value is -4.08. The molecule has 192 valence electrons. The zero-order valence-electron chi connectivity index (χ0n) is 19.2. The Morgan fingerprint density at radius 3 is 1.73 bits per heavy atom. The molecule has 0 saturated carbocycles. The van der Waals surface area contributed by atoms with Crippen LogP contribution in [-0.4, -0.2) is 25.0 Å². The molecule has 0 aliphatic rings. The Bertz CT molecular complexity index is 1410. The van der Waals surface area contributed by atoms with Crippen LogP contribution in [0.1, 0.15) is 27.0 Å². The molecule has 4 aromatic carbocycles. The number of carbonyl (C=O) groups is 2. The summed E-state index contributed by atoms with van der Waals surface area (Å²) >= 11 is 0. The molecule has 0 saturated heterocycles. The van der Waals surface area contributed by atoms with Crippen molar-refractivity contribution in [1.82, 2.24) is 5.32 Å². The zero-order valence-corrected chi connectivity index (χ0v) is 19.2. The van der Waals surface area contributed by atoms with E-state index in [0.717, 1.165) is 28.7 Å². The Morgan fingerprint density at radius 1 is 0.784 bits per heavy atom. The van der Waals surface area contributed by atoms with Crippen molar-refractivity contribution in [3.8, 4) is 0 Å². The van der Waals surface area contributed by atoms with Gasteiger partial charge in [-0.2, -0.15) is 26.3 Å². The number of carbonyl (C=O) groups excluding carboxylic acids is 2. The van der Waals surface area contributed by atoms with Gasteiger partial charge in [0.25, 0.3) is 5.91 Å². The predicted octanol–water partition coefficient (Wildman–Crippen LogP) is 6.54. The lowest BCUT2D eigenvalue weighted by molar-refractivity contribution is -0.144. The van der Waals surface area contributed by atoms with E-state index in [2.05, 4.69) is 5.32 Å². The summed E-state index contributed by atoms with van der Waals surface area (Å²) in [6.07, 6.45) is -10.4. The number of nitrogens with one attached hydrogen (secondary N) is 1. The number of fused-ring (bicyclic) bond motifs is 2. The molecule has 0 fully saturated rings. The van der Waals surface area contributed by atoms with E-state index in [4.69, 9.17) is 4.74 Å². The minimum absolute atomic E-state index is 0.0726. The molecule has 10 heteroatoms. The Morgan fingerprint density at radius 2 is 1.27 bits per heavy atom. The van der Waals surface area contributed by atoms with Gasteiger partial charge < -0.3 is 10.1 Å². The van der Waals surface area contributed by atoms with E-state index in [-0.39, 0.29) is 12.5 Å². The van der Waals surface area contributed by atoms with Crippen molar-refractivity contribution in [2.24, 2.45) is 0 Å². The molecule has 37 heavy (non-hydrogen) atoms. The third-order valence-electron chi connectivity index (χ3n) is 5.93. The van der Waals surface area contributed by atoms with E-state index in [1.54, 1.807) is 12.1 Å². The van der Waals surface area contributed by atoms with Crippen LogP contribution in [0.3, 0.4) is 0 Å². The fourth-order valence-electron chi connectivity index (χ4n) is 4.20. The van der Waals surface area contributed by atoms with Crippen molar-refractivity contribution in [3.05, 3.63) is 95.1 Å². The maximum absolute atomic E-state index is 13.3. The van der Waals surface area contributed by atoms with E-state index in [1.165, 1.54) is 0 Å². The van der Waals surface area contributed by atoms with Gasteiger partial charge in [0.1, 0.15) is 6.04 Å². The predicted molar refractivity (Wildman–Crippen MR) is 125 cm³/mol. The second-order valence-electron chi connectivity index (χ2n) is 8.35. The number of amides is 1. The SMILES string of the molecule is COC(=O)[C@H](Cc1c2ccccc2cc2ccccc12)NC(=O)c1cc(C(F)(F)F)cc(C(F)(F)F)c1. The molecular formula is C27H19F6NO3. The number of rotatable bonds is 5. The standard InChI is InChI=1S/C27H19F6NO3/c1-37-25(36)23(14-22-20-8-4-2-6-15(20)10-16-7-3-5-9-21(16)22)34-24(35)17-11-18(26(28,29)30)13-19(12-17)27(31,32)33/h2-13,23H,14H2,1H3,(H,34,35)/t23-/m0/s1. The number of hydrogen-bond donors (Lipinski definition) is 1. The normalized spacial score (nSPS) is 12.9. The number of halogens is 6. The van der Waals surface area contributed by atoms with Crippen LogP contribution in [0.5, 0.6) is 0 Å². The van der Waals surface area contributed by atoms with Gasteiger partial charge in [-0.3, -0.25) is 4.79 Å². The lowest BCUT2D eigenvalue weighted by atomic mass is 9.92. The zero-order chi connectivity index (χ0) is 27.0. The summed E-state index contributed by atoms with van der Waals surface area (Å²) in [7, 11) is 1.06. The van der Waals surface area contributed by atoms with Crippen LogP contribution < -0.4 is 5.32 Å². The fourth-order valence-corrected chi connectivity index (χ4v) is 4.20. The molecule has 0 unspecified atom stereocenters. The highest BCUT2D eigenvalue weighted by atomic mass is 19.4. The highest BCUT2D eigenvalue weighted by Gasteiger charge is 2.38. The van der Waals surface area contributed by atoms with Gasteiger partial charge in [-0.1, -0.05) is 48.5 Å². The van der Waals surface area contributed by atoms with Crippen molar-refractivity contribution in [2.45, 2.75) is 24.8 Å². The van der Waals surface area contributed by atoms with Gasteiger partial charge in [0, 0.05) is 12.0 Å². The molecule has 1 amide bonds. The van der Waals surface area contributed by atoms with Gasteiger partial charge in [-0.25, -0.2) is 4.79 Å². The maximum Gasteiger partial charge on any atom is 0.416 e. The first-order valence-corrected chi connectivity index (χ1v) is 11.0. The maximum atomic E-state index is 13.3. The molecule has 0 aliphatic heterocycles. The number of hydrogen-bond acceptors (Lipinski definition) is 3. The molecule has 0 radical (unpaired) electrons. The minimum Gasteiger partial charge on any atom is -0.467 e. The first kappa shape index (κ1) is 26.0. The summed E-state index contributed by atoms with van der Waals surface area (Å²) in [5, 5.41) is 5.50. The van der Waals surface area contributed by atoms with Gasteiger partial charge in [0.15, 0.2) is 0 Å². The second kappa shape index (κ2) is 9.76. The van der Waals surface area contributed by atoms with Crippen LogP contribution in [0.15, 0.2) is 72.8 Å². The van der Waals surface area contributed by atoms with E-state index in [9.17, 15) is 35.9 Å². The van der Waals surface area contributed by atoms with Gasteiger partial charge in [0.2, 0.25) is 0 Å². The van der Waals surface area contributed by atoms with Crippen LogP contribution in [0.25, 0.3) is 21.5 Å². The summed E-state index contributed by atoms with van der Waals surface area (Å²) in [5.41, 5.74) is -3.51. The van der Waals surface area contributed by atoms with Gasteiger partial charge >= 0.3 is 18.3 Å². The molecule has 1 atom stereocenters. The highest BCUT2D eigenvalue weighted by molar-refractivity contribution is 6.03. The van der Waals surface area contributed by atoms with Gasteiger partial charge in [-0.05, 0) is 51.4 Å². The smallest absolute Gasteiger partial charge is 0.416 e. The van der Waals surface area contributed by atoms with E-state index in [1.807, 2.05) is 42.5 Å². The number of esters is 1. The first-order chi connectivity index (χ1) is 17.4. The molecule has 0 spiro atoms. The molecule has 0 bridgehead atoms. The molecule has 1 N–H and O–H groups in total. The van der Waals surface area contributed by atoms with Gasteiger partial charge in [0.05, 0.1) is 18.2 Å². The number of benzene rings is 4. The molecule has 0 aromatic heterocycles. The van der Waals surface area contributed by atoms with Crippen LogP contribution in [-0.2, 0) is 28.3 Å². The Labute approximate surface area is 206 Å². The molecule has 4 aromatic rings. The van der Waals surface area contributed by atoms with Crippen molar-refractivity contribution < 1.29 is 40.7 Å². The Kier molecular flexibility index (Phi) is 6.86. The lowest BCUT2D eigenvalue weighted by Crippen LogP contribution is -2.43. The van der Waals surface area contributed by atoms with E-state index < -0.39 is 47.0 Å². The quantitative estimate of drug-likeness (QED) is 0.185. The van der Waals surface area contributed by atoms with Crippen LogP contribution in [0.2, 0.25) is 0 Å². The summed E-state index contributed by atoms with van der Waals surface area (Å²) in [5.74, 6) is -2.19. The first-order valence-electron chi connectivity index (χ1n) is 11.0. The Balaban J connectivity index is 1.76. The second-order valence-corrected chi connectivity index (χ2v) is 8.35. The summed E-state index contributed by atoms with van der Waals surface area (Å²) in [4.78, 5) is 25.5. The fraction of sp³-hybridized carbons (Fsp3) is 0.185. The van der Waals surface area contributed by atoms with Crippen LogP contribution >= 0.6 is 0 Å². The molecule has 4 rings (SSSR count). The molecular weight excluding hydrogens is 500 g/mol. The monoisotopic (exact) mass is 519 g/mol. The third kappa shape index (κ3) is 5.52. The van der Waals surface area contributed by atoms with Crippen molar-refractivity contribution in [2.75, 3.05) is 7.11 Å². The molecule has 0 heterocycles. The lowest BCUT2D eigenvalue weighted by Gasteiger charge is -2.20.